The molecule has 0 fully saturated rings. The van der Waals surface area contributed by atoms with E-state index in [4.69, 9.17) is 10.5 Å². The molecule has 1 aliphatic rings. The largest absolute Gasteiger partial charge is 0.496 e. The molecule has 0 radical (unpaired) electrons. The van der Waals surface area contributed by atoms with Gasteiger partial charge in [0.25, 0.3) is 0 Å². The van der Waals surface area contributed by atoms with E-state index in [-0.39, 0.29) is 30.4 Å². The molecule has 27 heavy (non-hydrogen) atoms. The van der Waals surface area contributed by atoms with E-state index < -0.39 is 0 Å². The van der Waals surface area contributed by atoms with Gasteiger partial charge in [0.2, 0.25) is 5.91 Å². The highest BCUT2D eigenvalue weighted by Crippen LogP contribution is 2.33. The van der Waals surface area contributed by atoms with Gasteiger partial charge in [0.05, 0.1) is 13.2 Å². The molecule has 2 unspecified atom stereocenters. The van der Waals surface area contributed by atoms with E-state index in [1.807, 2.05) is 50.2 Å². The molecule has 0 aromatic heterocycles. The van der Waals surface area contributed by atoms with Gasteiger partial charge in [-0.05, 0) is 50.5 Å². The minimum Gasteiger partial charge on any atom is -0.496 e. The molecule has 0 aliphatic carbocycles. The van der Waals surface area contributed by atoms with Crippen LogP contribution in [0, 0.1) is 0 Å². The Bertz CT molecular complexity index is 797. The van der Waals surface area contributed by atoms with Crippen molar-refractivity contribution in [3.63, 3.8) is 0 Å². The van der Waals surface area contributed by atoms with Crippen molar-refractivity contribution in [2.75, 3.05) is 24.3 Å². The molecule has 0 bridgehead atoms. The highest BCUT2D eigenvalue weighted by molar-refractivity contribution is 5.86. The summed E-state index contributed by atoms with van der Waals surface area (Å²) in [6, 6.07) is 13.3. The Morgan fingerprint density at radius 1 is 1.19 bits per heavy atom. The standard InChI is InChI=1S/C21H27N3O2.ClH/c1-14(16-8-4-5-12-20(16)26-3)23-21(25)15(2)24-13-7-9-17-18(22)10-6-11-19(17)24;/h4-6,8,10-12,14-15H,7,9,13,22H2,1-3H3,(H,23,25);1H. The van der Waals surface area contributed by atoms with E-state index in [1.165, 1.54) is 0 Å². The Morgan fingerprint density at radius 3 is 2.67 bits per heavy atom. The second kappa shape index (κ2) is 9.00. The van der Waals surface area contributed by atoms with Crippen LogP contribution in [-0.2, 0) is 11.2 Å². The van der Waals surface area contributed by atoms with Gasteiger partial charge >= 0.3 is 0 Å². The highest BCUT2D eigenvalue weighted by Gasteiger charge is 2.28. The van der Waals surface area contributed by atoms with E-state index in [9.17, 15) is 4.79 Å². The molecule has 6 heteroatoms. The summed E-state index contributed by atoms with van der Waals surface area (Å²) in [6.45, 7) is 4.78. The maximum Gasteiger partial charge on any atom is 0.242 e. The van der Waals surface area contributed by atoms with Crippen LogP contribution in [0.2, 0.25) is 0 Å². The van der Waals surface area contributed by atoms with Crippen molar-refractivity contribution in [2.24, 2.45) is 0 Å². The molecule has 3 N–H and O–H groups in total. The third-order valence-corrected chi connectivity index (χ3v) is 5.13. The maximum absolute atomic E-state index is 12.9. The molecule has 146 valence electrons. The van der Waals surface area contributed by atoms with Gasteiger partial charge in [0.15, 0.2) is 0 Å². The van der Waals surface area contributed by atoms with E-state index in [1.54, 1.807) is 7.11 Å². The zero-order chi connectivity index (χ0) is 18.7. The lowest BCUT2D eigenvalue weighted by Gasteiger charge is -2.36. The third-order valence-electron chi connectivity index (χ3n) is 5.13. The molecule has 3 rings (SSSR count). The molecule has 1 aliphatic heterocycles. The fraction of sp³-hybridized carbons (Fsp3) is 0.381. The molecular weight excluding hydrogens is 362 g/mol. The zero-order valence-electron chi connectivity index (χ0n) is 16.1. The van der Waals surface area contributed by atoms with Crippen molar-refractivity contribution in [3.05, 3.63) is 53.6 Å². The lowest BCUT2D eigenvalue weighted by Crippen LogP contribution is -2.47. The van der Waals surface area contributed by atoms with Crippen LogP contribution < -0.4 is 20.7 Å². The predicted octanol–water partition coefficient (Wildman–Crippen LogP) is 3.72. The summed E-state index contributed by atoms with van der Waals surface area (Å²) in [5.41, 5.74) is 10.1. The summed E-state index contributed by atoms with van der Waals surface area (Å²) in [5.74, 6) is 0.780. The second-order valence-corrected chi connectivity index (χ2v) is 6.79. The Kier molecular flexibility index (Phi) is 6.97. The van der Waals surface area contributed by atoms with Gasteiger partial charge in [-0.1, -0.05) is 24.3 Å². The van der Waals surface area contributed by atoms with E-state index in [0.29, 0.717) is 0 Å². The summed E-state index contributed by atoms with van der Waals surface area (Å²) < 4.78 is 5.41. The number of nitrogens with one attached hydrogen (secondary N) is 1. The van der Waals surface area contributed by atoms with Gasteiger partial charge < -0.3 is 20.7 Å². The number of methoxy groups -OCH3 is 1. The first-order valence-corrected chi connectivity index (χ1v) is 9.10. The number of rotatable bonds is 5. The Morgan fingerprint density at radius 2 is 1.93 bits per heavy atom. The number of nitrogen functional groups attached to an aromatic ring is 1. The Balaban J connectivity index is 0.00000261. The molecule has 5 nitrogen and oxygen atoms in total. The molecule has 2 atom stereocenters. The molecule has 2 aromatic carbocycles. The Labute approximate surface area is 167 Å². The van der Waals surface area contributed by atoms with E-state index in [2.05, 4.69) is 16.3 Å². The van der Waals surface area contributed by atoms with Gasteiger partial charge in [0, 0.05) is 23.5 Å². The molecule has 1 heterocycles. The van der Waals surface area contributed by atoms with Gasteiger partial charge in [-0.15, -0.1) is 12.4 Å². The number of ether oxygens (including phenoxy) is 1. The predicted molar refractivity (Wildman–Crippen MR) is 113 cm³/mol. The van der Waals surface area contributed by atoms with E-state index in [0.717, 1.165) is 47.6 Å². The van der Waals surface area contributed by atoms with Crippen LogP contribution in [0.15, 0.2) is 42.5 Å². The number of anilines is 2. The fourth-order valence-electron chi connectivity index (χ4n) is 3.66. The van der Waals surface area contributed by atoms with Gasteiger partial charge in [-0.25, -0.2) is 0 Å². The lowest BCUT2D eigenvalue weighted by molar-refractivity contribution is -0.122. The zero-order valence-corrected chi connectivity index (χ0v) is 16.9. The average Bonchev–Trinajstić information content (AvgIpc) is 2.67. The summed E-state index contributed by atoms with van der Waals surface area (Å²) >= 11 is 0. The molecule has 0 spiro atoms. The van der Waals surface area contributed by atoms with Crippen LogP contribution in [-0.4, -0.2) is 25.6 Å². The topological polar surface area (TPSA) is 67.6 Å². The number of halogens is 1. The number of amides is 1. The summed E-state index contributed by atoms with van der Waals surface area (Å²) in [6.07, 6.45) is 1.96. The Hall–Kier alpha value is -2.40. The number of nitrogens with two attached hydrogens (primary N) is 1. The van der Waals surface area contributed by atoms with Gasteiger partial charge in [-0.3, -0.25) is 4.79 Å². The molecular formula is C21H28ClN3O2. The number of para-hydroxylation sites is 1. The normalized spacial score (nSPS) is 15.1. The highest BCUT2D eigenvalue weighted by atomic mass is 35.5. The number of carbonyl (C=O) groups is 1. The van der Waals surface area contributed by atoms with Crippen LogP contribution in [0.25, 0.3) is 0 Å². The SMILES string of the molecule is COc1ccccc1C(C)NC(=O)C(C)N1CCCc2c(N)cccc21.Cl. The van der Waals surface area contributed by atoms with Gasteiger partial charge in [0.1, 0.15) is 11.8 Å². The van der Waals surface area contributed by atoms with E-state index >= 15 is 0 Å². The summed E-state index contributed by atoms with van der Waals surface area (Å²) in [4.78, 5) is 15.0. The van der Waals surface area contributed by atoms with Crippen LogP contribution >= 0.6 is 12.4 Å². The number of fused-ring (bicyclic) bond motifs is 1. The maximum atomic E-state index is 12.9. The average molecular weight is 390 g/mol. The molecule has 0 saturated heterocycles. The minimum absolute atomic E-state index is 0. The number of carbonyl (C=O) groups excluding carboxylic acids is 1. The van der Waals surface area contributed by atoms with Crippen molar-refractivity contribution >= 4 is 29.7 Å². The van der Waals surface area contributed by atoms with Gasteiger partial charge in [-0.2, -0.15) is 0 Å². The molecule has 1 amide bonds. The first-order valence-electron chi connectivity index (χ1n) is 9.10. The monoisotopic (exact) mass is 389 g/mol. The first-order chi connectivity index (χ1) is 12.5. The quantitative estimate of drug-likeness (QED) is 0.765. The summed E-state index contributed by atoms with van der Waals surface area (Å²) in [5, 5.41) is 3.12. The van der Waals surface area contributed by atoms with Crippen LogP contribution in [0.4, 0.5) is 11.4 Å². The van der Waals surface area contributed by atoms with Crippen LogP contribution in [0.5, 0.6) is 5.75 Å². The van der Waals surface area contributed by atoms with Crippen molar-refractivity contribution < 1.29 is 9.53 Å². The van der Waals surface area contributed by atoms with Crippen molar-refractivity contribution in [1.82, 2.24) is 5.32 Å². The lowest BCUT2D eigenvalue weighted by atomic mass is 9.98. The van der Waals surface area contributed by atoms with Crippen LogP contribution in [0.3, 0.4) is 0 Å². The smallest absolute Gasteiger partial charge is 0.242 e. The van der Waals surface area contributed by atoms with Crippen LogP contribution in [0.1, 0.15) is 37.4 Å². The summed E-state index contributed by atoms with van der Waals surface area (Å²) in [7, 11) is 1.64. The number of hydrogen-bond acceptors (Lipinski definition) is 4. The molecule has 0 saturated carbocycles. The number of benzene rings is 2. The number of nitrogens with zero attached hydrogens (tertiary/aromatic N) is 1. The number of hydrogen-bond donors (Lipinski definition) is 2. The van der Waals surface area contributed by atoms with Crippen molar-refractivity contribution in [3.8, 4) is 5.75 Å². The molecule has 2 aromatic rings. The fourth-order valence-corrected chi connectivity index (χ4v) is 3.66. The van der Waals surface area contributed by atoms with Crippen molar-refractivity contribution in [1.29, 1.82) is 0 Å². The third kappa shape index (κ3) is 4.30. The van der Waals surface area contributed by atoms with Crippen molar-refractivity contribution in [2.45, 2.75) is 38.8 Å². The minimum atomic E-state index is -0.270. The second-order valence-electron chi connectivity index (χ2n) is 6.79. The first kappa shape index (κ1) is 20.9.